The van der Waals surface area contributed by atoms with Crippen molar-refractivity contribution in [3.63, 3.8) is 0 Å². The van der Waals surface area contributed by atoms with E-state index in [9.17, 15) is 22.8 Å². The molecule has 2 amide bonds. The number of hydrogen-bond acceptors (Lipinski definition) is 8. The summed E-state index contributed by atoms with van der Waals surface area (Å²) in [6, 6.07) is 12.3. The number of esters is 1. The van der Waals surface area contributed by atoms with E-state index in [4.69, 9.17) is 0 Å². The van der Waals surface area contributed by atoms with Crippen molar-refractivity contribution in [2.24, 2.45) is 0 Å². The minimum Gasteiger partial charge on any atom is -0.464 e. The highest BCUT2D eigenvalue weighted by atomic mass is 32.2. The van der Waals surface area contributed by atoms with Crippen LogP contribution in [0.2, 0.25) is 0 Å². The predicted molar refractivity (Wildman–Crippen MR) is 119 cm³/mol. The predicted octanol–water partition coefficient (Wildman–Crippen LogP) is 0.427. The molecule has 1 aliphatic rings. The van der Waals surface area contributed by atoms with Gasteiger partial charge in [-0.1, -0.05) is 23.4 Å². The molecule has 0 radical (unpaired) electrons. The molecule has 4 rings (SSSR count). The Kier molecular flexibility index (Phi) is 6.38. The number of anilines is 1. The van der Waals surface area contributed by atoms with Gasteiger partial charge in [0, 0.05) is 18.7 Å². The van der Waals surface area contributed by atoms with Crippen molar-refractivity contribution in [2.75, 3.05) is 32.1 Å². The maximum absolute atomic E-state index is 13.0. The number of hydrogen-bond donors (Lipinski definition) is 2. The number of benzene rings is 2. The van der Waals surface area contributed by atoms with Crippen LogP contribution in [0.4, 0.5) is 5.69 Å². The quantitative estimate of drug-likeness (QED) is 0.478. The standard InChI is InChI=1S/C21H20N6O6S/c1-33-21(30)17-12-27(25-24-17)18-8-3-2-7-16(18)23-20(29)14-5-4-6-15(11-14)34(31,32)26-10-9-22-19(28)13-26/h2-8,11-12H,9-10,13H2,1H3,(H,22,28)(H,23,29). The van der Waals surface area contributed by atoms with E-state index < -0.39 is 21.9 Å². The van der Waals surface area contributed by atoms with Gasteiger partial charge in [0.25, 0.3) is 5.91 Å². The highest BCUT2D eigenvalue weighted by Gasteiger charge is 2.29. The van der Waals surface area contributed by atoms with Crippen LogP contribution in [0.25, 0.3) is 5.69 Å². The molecule has 2 heterocycles. The van der Waals surface area contributed by atoms with E-state index >= 15 is 0 Å². The number of ether oxygens (including phenoxy) is 1. The molecule has 34 heavy (non-hydrogen) atoms. The van der Waals surface area contributed by atoms with Crippen molar-refractivity contribution in [1.29, 1.82) is 0 Å². The van der Waals surface area contributed by atoms with Gasteiger partial charge in [-0.15, -0.1) is 5.10 Å². The summed E-state index contributed by atoms with van der Waals surface area (Å²) >= 11 is 0. The second kappa shape index (κ2) is 9.41. The van der Waals surface area contributed by atoms with E-state index in [1.807, 2.05) is 0 Å². The highest BCUT2D eigenvalue weighted by molar-refractivity contribution is 7.89. The number of para-hydroxylation sites is 2. The van der Waals surface area contributed by atoms with Gasteiger partial charge in [-0.05, 0) is 30.3 Å². The number of rotatable bonds is 6. The second-order valence-electron chi connectivity index (χ2n) is 7.23. The lowest BCUT2D eigenvalue weighted by atomic mass is 10.2. The topological polar surface area (TPSA) is 153 Å². The van der Waals surface area contributed by atoms with Gasteiger partial charge in [0.05, 0.1) is 36.1 Å². The Labute approximate surface area is 194 Å². The molecule has 0 bridgehead atoms. The first-order valence-corrected chi connectivity index (χ1v) is 11.5. The molecule has 0 atom stereocenters. The van der Waals surface area contributed by atoms with Gasteiger partial charge in [0.2, 0.25) is 15.9 Å². The largest absolute Gasteiger partial charge is 0.464 e. The number of amides is 2. The van der Waals surface area contributed by atoms with Crippen LogP contribution in [0.1, 0.15) is 20.8 Å². The van der Waals surface area contributed by atoms with Crippen LogP contribution in [0, 0.1) is 0 Å². The molecule has 0 unspecified atom stereocenters. The number of aromatic nitrogens is 3. The van der Waals surface area contributed by atoms with Gasteiger partial charge in [0.15, 0.2) is 5.69 Å². The number of carbonyl (C=O) groups is 3. The summed E-state index contributed by atoms with van der Waals surface area (Å²) in [5.41, 5.74) is 0.885. The Hall–Kier alpha value is -4.10. The van der Waals surface area contributed by atoms with E-state index in [1.165, 1.54) is 42.3 Å². The van der Waals surface area contributed by atoms with Gasteiger partial charge < -0.3 is 15.4 Å². The molecule has 2 aromatic carbocycles. The first-order valence-electron chi connectivity index (χ1n) is 10.1. The Morgan fingerprint density at radius 1 is 1.15 bits per heavy atom. The molecule has 0 spiro atoms. The van der Waals surface area contributed by atoms with Crippen molar-refractivity contribution >= 4 is 33.5 Å². The number of methoxy groups -OCH3 is 1. The van der Waals surface area contributed by atoms with Crippen molar-refractivity contribution in [3.05, 3.63) is 66.0 Å². The van der Waals surface area contributed by atoms with Gasteiger partial charge in [-0.2, -0.15) is 4.31 Å². The molecule has 1 aliphatic heterocycles. The lowest BCUT2D eigenvalue weighted by Gasteiger charge is -2.26. The zero-order chi connectivity index (χ0) is 24.3. The number of sulfonamides is 1. The lowest BCUT2D eigenvalue weighted by molar-refractivity contribution is -0.122. The van der Waals surface area contributed by atoms with Crippen LogP contribution in [-0.2, 0) is 19.6 Å². The number of nitrogens with zero attached hydrogens (tertiary/aromatic N) is 4. The number of nitrogens with one attached hydrogen (secondary N) is 2. The summed E-state index contributed by atoms with van der Waals surface area (Å²) in [6.07, 6.45) is 1.36. The fourth-order valence-corrected chi connectivity index (χ4v) is 4.76. The highest BCUT2D eigenvalue weighted by Crippen LogP contribution is 2.22. The van der Waals surface area contributed by atoms with Crippen LogP contribution >= 0.6 is 0 Å². The molecule has 2 N–H and O–H groups in total. The average molecular weight is 484 g/mol. The number of carbonyl (C=O) groups excluding carboxylic acids is 3. The zero-order valence-corrected chi connectivity index (χ0v) is 18.8. The normalized spacial score (nSPS) is 14.3. The third-order valence-corrected chi connectivity index (χ3v) is 6.87. The molecule has 3 aromatic rings. The summed E-state index contributed by atoms with van der Waals surface area (Å²) in [4.78, 5) is 36.2. The van der Waals surface area contributed by atoms with Gasteiger partial charge >= 0.3 is 5.97 Å². The molecule has 12 nitrogen and oxygen atoms in total. The summed E-state index contributed by atoms with van der Waals surface area (Å²) in [5.74, 6) is -1.60. The van der Waals surface area contributed by atoms with Crippen LogP contribution in [0.15, 0.2) is 59.6 Å². The van der Waals surface area contributed by atoms with Crippen LogP contribution in [0.5, 0.6) is 0 Å². The van der Waals surface area contributed by atoms with E-state index in [1.54, 1.807) is 24.3 Å². The fourth-order valence-electron chi connectivity index (χ4n) is 3.32. The Morgan fingerprint density at radius 3 is 2.71 bits per heavy atom. The van der Waals surface area contributed by atoms with Crippen molar-refractivity contribution in [1.82, 2.24) is 24.6 Å². The monoisotopic (exact) mass is 484 g/mol. The number of piperazine rings is 1. The summed E-state index contributed by atoms with van der Waals surface area (Å²) in [7, 11) is -2.73. The van der Waals surface area contributed by atoms with Crippen LogP contribution in [0.3, 0.4) is 0 Å². The molecule has 13 heteroatoms. The van der Waals surface area contributed by atoms with E-state index in [-0.39, 0.29) is 41.7 Å². The molecule has 176 valence electrons. The molecular formula is C21H20N6O6S. The Morgan fingerprint density at radius 2 is 1.94 bits per heavy atom. The van der Waals surface area contributed by atoms with Crippen molar-refractivity contribution in [3.8, 4) is 5.69 Å². The maximum Gasteiger partial charge on any atom is 0.360 e. The SMILES string of the molecule is COC(=O)c1cn(-c2ccccc2NC(=O)c2cccc(S(=O)(=O)N3CCNC(=O)C3)c2)nn1. The molecule has 0 aliphatic carbocycles. The van der Waals surface area contributed by atoms with Crippen molar-refractivity contribution in [2.45, 2.75) is 4.90 Å². The van der Waals surface area contributed by atoms with E-state index in [2.05, 4.69) is 25.7 Å². The average Bonchev–Trinajstić information content (AvgIpc) is 3.34. The van der Waals surface area contributed by atoms with Crippen molar-refractivity contribution < 1.29 is 27.5 Å². The minimum atomic E-state index is -3.96. The van der Waals surface area contributed by atoms with Crippen LogP contribution in [-0.4, -0.2) is 72.2 Å². The summed E-state index contributed by atoms with van der Waals surface area (Å²) < 4.78 is 32.9. The van der Waals surface area contributed by atoms with E-state index in [0.717, 1.165) is 4.31 Å². The minimum absolute atomic E-state index is 0.00654. The molecule has 1 fully saturated rings. The second-order valence-corrected chi connectivity index (χ2v) is 9.17. The molecular weight excluding hydrogens is 464 g/mol. The molecule has 1 aromatic heterocycles. The molecule has 0 saturated carbocycles. The Balaban J connectivity index is 1.58. The zero-order valence-electron chi connectivity index (χ0n) is 18.0. The van der Waals surface area contributed by atoms with Gasteiger partial charge in [-0.25, -0.2) is 17.9 Å². The third-order valence-electron chi connectivity index (χ3n) is 5.02. The van der Waals surface area contributed by atoms with Gasteiger partial charge in [0.1, 0.15) is 0 Å². The molecule has 1 saturated heterocycles. The lowest BCUT2D eigenvalue weighted by Crippen LogP contribution is -2.49. The first kappa shape index (κ1) is 23.1. The maximum atomic E-state index is 13.0. The third kappa shape index (κ3) is 4.65. The van der Waals surface area contributed by atoms with Gasteiger partial charge in [-0.3, -0.25) is 9.59 Å². The van der Waals surface area contributed by atoms with E-state index in [0.29, 0.717) is 11.4 Å². The Bertz CT molecular complexity index is 1370. The van der Waals surface area contributed by atoms with Crippen LogP contribution < -0.4 is 10.6 Å². The smallest absolute Gasteiger partial charge is 0.360 e. The summed E-state index contributed by atoms with van der Waals surface area (Å²) in [6.45, 7) is 0.0793. The fraction of sp³-hybridized carbons (Fsp3) is 0.190. The first-order chi connectivity index (χ1) is 16.3. The summed E-state index contributed by atoms with van der Waals surface area (Å²) in [5, 5.41) is 13.0.